The van der Waals surface area contributed by atoms with Crippen molar-refractivity contribution in [3.8, 4) is 0 Å². The Labute approximate surface area is 110 Å². The predicted molar refractivity (Wildman–Crippen MR) is 77.5 cm³/mol. The van der Waals surface area contributed by atoms with E-state index in [1.54, 1.807) is 0 Å². The molecule has 1 N–H and O–H groups in total. The third kappa shape index (κ3) is 5.90. The molecule has 0 unspecified atom stereocenters. The smallest absolute Gasteiger partial charge is 0.0412 e. The topological polar surface area (TPSA) is 12.0 Å². The van der Waals surface area contributed by atoms with Crippen molar-refractivity contribution >= 4 is 17.2 Å². The maximum absolute atomic E-state index is 5.97. The van der Waals surface area contributed by atoms with Gasteiger partial charge < -0.3 is 5.32 Å². The van der Waals surface area contributed by atoms with Crippen molar-refractivity contribution in [2.24, 2.45) is 0 Å². The van der Waals surface area contributed by atoms with Crippen molar-refractivity contribution in [2.45, 2.75) is 39.7 Å². The first-order valence-electron chi connectivity index (χ1n) is 6.06. The fourth-order valence-electron chi connectivity index (χ4n) is 1.59. The van der Waals surface area contributed by atoms with Crippen molar-refractivity contribution in [3.63, 3.8) is 0 Å². The van der Waals surface area contributed by atoms with Crippen LogP contribution in [0.1, 0.15) is 39.7 Å². The summed E-state index contributed by atoms with van der Waals surface area (Å²) in [5.74, 6) is 0. The Hall–Kier alpha value is -0.790. The Morgan fingerprint density at radius 3 is 2.65 bits per heavy atom. The SMILES string of the molecule is CC(=CCCNC(C)(C)C)c1cccc(Cl)c1. The van der Waals surface area contributed by atoms with Crippen LogP contribution in [0.4, 0.5) is 0 Å². The van der Waals surface area contributed by atoms with Crippen LogP contribution in [0, 0.1) is 0 Å². The summed E-state index contributed by atoms with van der Waals surface area (Å²) >= 11 is 5.97. The molecule has 0 atom stereocenters. The van der Waals surface area contributed by atoms with Crippen LogP contribution in [0.15, 0.2) is 30.3 Å². The molecule has 1 aromatic carbocycles. The third-order valence-electron chi connectivity index (χ3n) is 2.53. The molecule has 0 amide bonds. The van der Waals surface area contributed by atoms with Crippen LogP contribution in [0.2, 0.25) is 5.02 Å². The number of rotatable bonds is 4. The lowest BCUT2D eigenvalue weighted by molar-refractivity contribution is 0.431. The molecule has 0 spiro atoms. The number of allylic oxidation sites excluding steroid dienone is 1. The highest BCUT2D eigenvalue weighted by Crippen LogP contribution is 2.18. The molecule has 0 bridgehead atoms. The molecule has 1 rings (SSSR count). The largest absolute Gasteiger partial charge is 0.312 e. The van der Waals surface area contributed by atoms with Crippen LogP contribution >= 0.6 is 11.6 Å². The molecule has 17 heavy (non-hydrogen) atoms. The zero-order chi connectivity index (χ0) is 12.9. The van der Waals surface area contributed by atoms with Gasteiger partial charge in [-0.15, -0.1) is 0 Å². The molecular weight excluding hydrogens is 230 g/mol. The van der Waals surface area contributed by atoms with E-state index in [0.717, 1.165) is 18.0 Å². The molecule has 0 aliphatic rings. The Kier molecular flexibility index (Phi) is 5.23. The summed E-state index contributed by atoms with van der Waals surface area (Å²) in [5, 5.41) is 4.26. The quantitative estimate of drug-likeness (QED) is 0.776. The fourth-order valence-corrected chi connectivity index (χ4v) is 1.78. The van der Waals surface area contributed by atoms with Crippen molar-refractivity contribution in [1.29, 1.82) is 0 Å². The zero-order valence-electron chi connectivity index (χ0n) is 11.2. The minimum atomic E-state index is 0.192. The summed E-state index contributed by atoms with van der Waals surface area (Å²) in [6.45, 7) is 9.67. The van der Waals surface area contributed by atoms with Gasteiger partial charge in [0.2, 0.25) is 0 Å². The normalized spacial score (nSPS) is 12.9. The van der Waals surface area contributed by atoms with Gasteiger partial charge in [0, 0.05) is 10.6 Å². The van der Waals surface area contributed by atoms with E-state index < -0.39 is 0 Å². The van der Waals surface area contributed by atoms with Gasteiger partial charge in [-0.25, -0.2) is 0 Å². The summed E-state index contributed by atoms with van der Waals surface area (Å²) in [4.78, 5) is 0. The Balaban J connectivity index is 2.50. The van der Waals surface area contributed by atoms with Crippen molar-refractivity contribution in [2.75, 3.05) is 6.54 Å². The van der Waals surface area contributed by atoms with Gasteiger partial charge in [-0.3, -0.25) is 0 Å². The molecule has 1 nitrogen and oxygen atoms in total. The van der Waals surface area contributed by atoms with Crippen LogP contribution in [-0.2, 0) is 0 Å². The summed E-state index contributed by atoms with van der Waals surface area (Å²) in [5.41, 5.74) is 2.68. The summed E-state index contributed by atoms with van der Waals surface area (Å²) < 4.78 is 0. The third-order valence-corrected chi connectivity index (χ3v) is 2.77. The fraction of sp³-hybridized carbons (Fsp3) is 0.467. The van der Waals surface area contributed by atoms with Crippen LogP contribution in [-0.4, -0.2) is 12.1 Å². The van der Waals surface area contributed by atoms with E-state index in [-0.39, 0.29) is 5.54 Å². The van der Waals surface area contributed by atoms with E-state index in [0.29, 0.717) is 0 Å². The molecule has 0 saturated heterocycles. The maximum atomic E-state index is 5.97. The van der Waals surface area contributed by atoms with E-state index in [1.807, 2.05) is 18.2 Å². The molecule has 0 radical (unpaired) electrons. The number of nitrogens with one attached hydrogen (secondary N) is 1. The highest BCUT2D eigenvalue weighted by atomic mass is 35.5. The second kappa shape index (κ2) is 6.23. The van der Waals surface area contributed by atoms with Gasteiger partial charge in [-0.05, 0) is 63.9 Å². The molecule has 0 heterocycles. The molecule has 0 aromatic heterocycles. The van der Waals surface area contributed by atoms with Crippen LogP contribution in [0.5, 0.6) is 0 Å². The second-order valence-corrected chi connectivity index (χ2v) is 5.80. The first kappa shape index (κ1) is 14.3. The molecule has 0 saturated carbocycles. The Bertz CT molecular complexity index is 388. The minimum absolute atomic E-state index is 0.192. The van der Waals surface area contributed by atoms with Crippen LogP contribution < -0.4 is 5.32 Å². The lowest BCUT2D eigenvalue weighted by Gasteiger charge is -2.19. The lowest BCUT2D eigenvalue weighted by Crippen LogP contribution is -2.36. The highest BCUT2D eigenvalue weighted by Gasteiger charge is 2.06. The molecular formula is C15H22ClN. The van der Waals surface area contributed by atoms with Gasteiger partial charge in [0.25, 0.3) is 0 Å². The van der Waals surface area contributed by atoms with Crippen LogP contribution in [0.3, 0.4) is 0 Å². The Morgan fingerprint density at radius 1 is 1.35 bits per heavy atom. The van der Waals surface area contributed by atoms with E-state index in [2.05, 4.69) is 45.2 Å². The Morgan fingerprint density at radius 2 is 2.06 bits per heavy atom. The summed E-state index contributed by atoms with van der Waals surface area (Å²) in [6, 6.07) is 7.99. The van der Waals surface area contributed by atoms with Gasteiger partial charge in [0.05, 0.1) is 0 Å². The van der Waals surface area contributed by atoms with Crippen molar-refractivity contribution in [1.82, 2.24) is 5.32 Å². The number of benzene rings is 1. The van der Waals surface area contributed by atoms with E-state index in [1.165, 1.54) is 11.1 Å². The molecule has 94 valence electrons. The van der Waals surface area contributed by atoms with E-state index in [9.17, 15) is 0 Å². The van der Waals surface area contributed by atoms with Gasteiger partial charge in [-0.2, -0.15) is 0 Å². The highest BCUT2D eigenvalue weighted by molar-refractivity contribution is 6.30. The zero-order valence-corrected chi connectivity index (χ0v) is 11.9. The standard InChI is InChI=1S/C15H22ClN/c1-12(7-6-10-17-15(2,3)4)13-8-5-9-14(16)11-13/h5,7-9,11,17H,6,10H2,1-4H3. The average molecular weight is 252 g/mol. The van der Waals surface area contributed by atoms with Crippen molar-refractivity contribution in [3.05, 3.63) is 40.9 Å². The van der Waals surface area contributed by atoms with E-state index in [4.69, 9.17) is 11.6 Å². The molecule has 0 aliphatic carbocycles. The number of halogens is 1. The number of hydrogen-bond acceptors (Lipinski definition) is 1. The second-order valence-electron chi connectivity index (χ2n) is 5.36. The molecule has 0 fully saturated rings. The van der Waals surface area contributed by atoms with Crippen molar-refractivity contribution < 1.29 is 0 Å². The average Bonchev–Trinajstić information content (AvgIpc) is 2.23. The lowest BCUT2D eigenvalue weighted by atomic mass is 10.1. The minimum Gasteiger partial charge on any atom is -0.312 e. The monoisotopic (exact) mass is 251 g/mol. The van der Waals surface area contributed by atoms with Gasteiger partial charge in [0.15, 0.2) is 0 Å². The summed E-state index contributed by atoms with van der Waals surface area (Å²) in [7, 11) is 0. The van der Waals surface area contributed by atoms with Gasteiger partial charge in [0.1, 0.15) is 0 Å². The number of hydrogen-bond donors (Lipinski definition) is 1. The van der Waals surface area contributed by atoms with Gasteiger partial charge >= 0.3 is 0 Å². The summed E-state index contributed by atoms with van der Waals surface area (Å²) in [6.07, 6.45) is 3.29. The van der Waals surface area contributed by atoms with Crippen LogP contribution in [0.25, 0.3) is 5.57 Å². The first-order valence-corrected chi connectivity index (χ1v) is 6.44. The van der Waals surface area contributed by atoms with E-state index >= 15 is 0 Å². The predicted octanol–water partition coefficient (Wildman–Crippen LogP) is 4.52. The van der Waals surface area contributed by atoms with Gasteiger partial charge in [-0.1, -0.05) is 29.8 Å². The molecule has 2 heteroatoms. The first-order chi connectivity index (χ1) is 7.88. The molecule has 1 aromatic rings. The molecule has 0 aliphatic heterocycles. The maximum Gasteiger partial charge on any atom is 0.0412 e.